The highest BCUT2D eigenvalue weighted by Gasteiger charge is 2.09. The van der Waals surface area contributed by atoms with E-state index in [9.17, 15) is 0 Å². The summed E-state index contributed by atoms with van der Waals surface area (Å²) in [5.41, 5.74) is 19.3. The number of hydrogen-bond donors (Lipinski definition) is 8. The van der Waals surface area contributed by atoms with Crippen LogP contribution in [-0.2, 0) is 6.54 Å². The summed E-state index contributed by atoms with van der Waals surface area (Å²) in [5.74, 6) is 0.833. The first-order valence-electron chi connectivity index (χ1n) is 13.7. The quantitative estimate of drug-likeness (QED) is 0.118. The summed E-state index contributed by atoms with van der Waals surface area (Å²) in [7, 11) is 1.50. The van der Waals surface area contributed by atoms with Crippen LogP contribution in [0.5, 0.6) is 0 Å². The number of allylic oxidation sites excluding steroid dienone is 1. The molecule has 1 aromatic heterocycles. The van der Waals surface area contributed by atoms with Crippen LogP contribution < -0.4 is 33.2 Å². The molecule has 0 aliphatic rings. The lowest BCUT2D eigenvalue weighted by molar-refractivity contribution is 0.474. The number of nitrogens with one attached hydrogen (secondary N) is 4. The summed E-state index contributed by atoms with van der Waals surface area (Å²) in [6, 6.07) is 12.5. The van der Waals surface area contributed by atoms with E-state index in [0.29, 0.717) is 30.1 Å². The maximum atomic E-state index is 5.55. The predicted octanol–water partition coefficient (Wildman–Crippen LogP) is 4.94. The fourth-order valence-corrected chi connectivity index (χ4v) is 3.30. The first-order valence-corrected chi connectivity index (χ1v) is 14.2. The summed E-state index contributed by atoms with van der Waals surface area (Å²) in [4.78, 5) is 4.50. The van der Waals surface area contributed by atoms with Gasteiger partial charge in [-0.05, 0) is 63.8 Å². The fourth-order valence-electron chi connectivity index (χ4n) is 3.08. The van der Waals surface area contributed by atoms with Crippen molar-refractivity contribution >= 4 is 30.2 Å². The summed E-state index contributed by atoms with van der Waals surface area (Å²) >= 11 is 4.36. The average molecular weight is 575 g/mol. The minimum Gasteiger partial charge on any atom is -0.401 e. The highest BCUT2D eigenvalue weighted by Crippen LogP contribution is 2.11. The zero-order valence-electron chi connectivity index (χ0n) is 25.7. The maximum absolute atomic E-state index is 5.55. The molecule has 2 aromatic rings. The third-order valence-corrected chi connectivity index (χ3v) is 4.72. The second-order valence-corrected chi connectivity index (χ2v) is 10.4. The first kappa shape index (κ1) is 41.6. The Balaban J connectivity index is -0.000000550. The number of nitrogens with two attached hydrogens (primary N) is 3. The second kappa shape index (κ2) is 29.1. The van der Waals surface area contributed by atoms with E-state index in [1.807, 2.05) is 24.3 Å². The van der Waals surface area contributed by atoms with E-state index in [-0.39, 0.29) is 0 Å². The molecule has 9 heteroatoms. The average Bonchev–Trinajstić information content (AvgIpc) is 2.92. The Morgan fingerprint density at radius 2 is 1.68 bits per heavy atom. The monoisotopic (exact) mass is 574 g/mol. The van der Waals surface area contributed by atoms with E-state index in [2.05, 4.69) is 106 Å². The van der Waals surface area contributed by atoms with Crippen molar-refractivity contribution in [1.29, 1.82) is 5.41 Å². The van der Waals surface area contributed by atoms with Crippen molar-refractivity contribution in [1.82, 2.24) is 20.9 Å². The lowest BCUT2D eigenvalue weighted by atomic mass is 10.1. The Labute approximate surface area is 250 Å². The molecule has 1 aromatic carbocycles. The first-order chi connectivity index (χ1) is 19.1. The lowest BCUT2D eigenvalue weighted by Gasteiger charge is -2.22. The number of benzene rings is 1. The molecule has 1 heterocycles. The summed E-state index contributed by atoms with van der Waals surface area (Å²) in [5, 5.41) is 16.7. The molecule has 228 valence electrons. The minimum absolute atomic E-state index is 0.317. The molecule has 0 saturated heterocycles. The molecule has 0 radical (unpaired) electrons. The van der Waals surface area contributed by atoms with Crippen molar-refractivity contribution in [3.05, 3.63) is 79.4 Å². The normalized spacial score (nSPS) is 10.9. The van der Waals surface area contributed by atoms with Gasteiger partial charge in [0.15, 0.2) is 0 Å². The Kier molecular flexibility index (Phi) is 30.3. The van der Waals surface area contributed by atoms with E-state index in [4.69, 9.17) is 16.9 Å². The van der Waals surface area contributed by atoms with E-state index in [1.165, 1.54) is 12.4 Å². The maximum Gasteiger partial charge on any atom is 0.0706 e. The van der Waals surface area contributed by atoms with Crippen molar-refractivity contribution in [3.63, 3.8) is 0 Å². The number of pyridine rings is 1. The Morgan fingerprint density at radius 3 is 2.20 bits per heavy atom. The summed E-state index contributed by atoms with van der Waals surface area (Å²) < 4.78 is 0. The molecular weight excluding hydrogens is 516 g/mol. The third-order valence-electron chi connectivity index (χ3n) is 4.53. The van der Waals surface area contributed by atoms with Crippen LogP contribution in [0.15, 0.2) is 73.7 Å². The van der Waals surface area contributed by atoms with Crippen LogP contribution in [0.25, 0.3) is 10.9 Å². The van der Waals surface area contributed by atoms with Crippen LogP contribution in [-0.4, -0.2) is 49.7 Å². The summed E-state index contributed by atoms with van der Waals surface area (Å²) in [6.45, 7) is 25.2. The molecular formula is C31H58N8S. The molecule has 10 N–H and O–H groups in total. The number of thiol groups is 1. The number of aromatic nitrogens is 1. The van der Waals surface area contributed by atoms with Crippen molar-refractivity contribution in [3.8, 4) is 0 Å². The number of para-hydroxylation sites is 1. The van der Waals surface area contributed by atoms with Gasteiger partial charge in [-0.3, -0.25) is 4.98 Å². The van der Waals surface area contributed by atoms with Gasteiger partial charge in [-0.15, -0.1) is 0 Å². The molecule has 8 nitrogen and oxygen atoms in total. The van der Waals surface area contributed by atoms with Crippen LogP contribution >= 0.6 is 12.6 Å². The van der Waals surface area contributed by atoms with Crippen LogP contribution in [0.3, 0.4) is 0 Å². The summed E-state index contributed by atoms with van der Waals surface area (Å²) in [6.07, 6.45) is 4.55. The van der Waals surface area contributed by atoms with Gasteiger partial charge < -0.3 is 38.6 Å². The Bertz CT molecular complexity index is 899. The molecule has 0 aliphatic carbocycles. The smallest absolute Gasteiger partial charge is 0.0706 e. The van der Waals surface area contributed by atoms with Crippen molar-refractivity contribution in [2.45, 2.75) is 64.8 Å². The number of nitrogens with zero attached hydrogens (tertiary/aromatic N) is 1. The van der Waals surface area contributed by atoms with Crippen molar-refractivity contribution in [2.24, 2.45) is 23.1 Å². The van der Waals surface area contributed by atoms with Gasteiger partial charge in [-0.1, -0.05) is 71.7 Å². The van der Waals surface area contributed by atoms with Gasteiger partial charge >= 0.3 is 0 Å². The molecule has 0 aliphatic heterocycles. The van der Waals surface area contributed by atoms with Gasteiger partial charge in [0.05, 0.1) is 17.8 Å². The zero-order chi connectivity index (χ0) is 31.3. The van der Waals surface area contributed by atoms with Gasteiger partial charge in [0.2, 0.25) is 0 Å². The third kappa shape index (κ3) is 26.7. The zero-order valence-corrected chi connectivity index (χ0v) is 26.6. The van der Waals surface area contributed by atoms with E-state index < -0.39 is 0 Å². The standard InChI is InChI=1S/C13H28N4S.C12H12N2.C4H10.CH5N.CH3N/c1-10(15)8-16-9-13(5-4-6-14)17-11(2)7-12(3)18;1-2-13-9-11-8-7-10-5-3-4-6-12(10)14-11;1-4(2)3;2*1-2/h12-13,16-18H,1-2,4-9,14-15H2,3H3;2-8,13H,1,9H2;4H,1-3H3;2H2,1H3;2H,1H2. The molecule has 0 fully saturated rings. The van der Waals surface area contributed by atoms with Crippen LogP contribution in [0.2, 0.25) is 0 Å². The van der Waals surface area contributed by atoms with E-state index >= 15 is 0 Å². The lowest BCUT2D eigenvalue weighted by Crippen LogP contribution is -2.39. The molecule has 0 bridgehead atoms. The van der Waals surface area contributed by atoms with Crippen LogP contribution in [0.1, 0.15) is 52.7 Å². The van der Waals surface area contributed by atoms with Gasteiger partial charge in [-0.25, -0.2) is 0 Å². The van der Waals surface area contributed by atoms with Crippen molar-refractivity contribution < 1.29 is 0 Å². The molecule has 40 heavy (non-hydrogen) atoms. The highest BCUT2D eigenvalue weighted by atomic mass is 32.1. The molecule has 2 rings (SSSR count). The van der Waals surface area contributed by atoms with Gasteiger partial charge in [0.25, 0.3) is 0 Å². The minimum atomic E-state index is 0.317. The van der Waals surface area contributed by atoms with Crippen molar-refractivity contribution in [2.75, 3.05) is 26.7 Å². The van der Waals surface area contributed by atoms with E-state index in [1.54, 1.807) is 6.20 Å². The van der Waals surface area contributed by atoms with Gasteiger partial charge in [-0.2, -0.15) is 12.6 Å². The molecule has 2 unspecified atom stereocenters. The van der Waals surface area contributed by atoms with Gasteiger partial charge in [0, 0.05) is 41.2 Å². The Morgan fingerprint density at radius 1 is 1.07 bits per heavy atom. The molecule has 0 spiro atoms. The van der Waals surface area contributed by atoms with Gasteiger partial charge in [0.1, 0.15) is 0 Å². The fraction of sp³-hybridized carbons (Fsp3) is 0.484. The van der Waals surface area contributed by atoms with E-state index in [0.717, 1.165) is 55.2 Å². The number of rotatable bonds is 14. The number of hydrogen-bond acceptors (Lipinski definition) is 9. The number of fused-ring (bicyclic) bond motifs is 1. The van der Waals surface area contributed by atoms with Crippen LogP contribution in [0, 0.1) is 11.3 Å². The molecule has 2 atom stereocenters. The Hall–Kier alpha value is -2.85. The molecule has 0 amide bonds. The highest BCUT2D eigenvalue weighted by molar-refractivity contribution is 7.80. The molecule has 0 saturated carbocycles. The largest absolute Gasteiger partial charge is 0.401 e. The van der Waals surface area contributed by atoms with Crippen LogP contribution in [0.4, 0.5) is 0 Å². The SMILES string of the molecule is C=C(N)CNCC(CCCN)NC(=C)CC(C)S.C=CNCc1ccc2ccccc2n1.C=N.CC(C)C.CN. The second-order valence-electron chi connectivity index (χ2n) is 9.53. The topological polar surface area (TPSA) is 151 Å². The predicted molar refractivity (Wildman–Crippen MR) is 183 cm³/mol.